The maximum absolute atomic E-state index is 5.68. The van der Waals surface area contributed by atoms with Crippen LogP contribution in [-0.4, -0.2) is 37.8 Å². The number of ether oxygens (including phenoxy) is 3. The number of nitrogens with zero attached hydrogens (tertiary/aromatic N) is 1. The summed E-state index contributed by atoms with van der Waals surface area (Å²) in [5.41, 5.74) is 7.89. The van der Waals surface area contributed by atoms with Crippen LogP contribution in [0.5, 0.6) is 17.2 Å². The number of methoxy groups -OCH3 is 3. The van der Waals surface area contributed by atoms with Crippen molar-refractivity contribution in [1.82, 2.24) is 9.88 Å². The highest BCUT2D eigenvalue weighted by molar-refractivity contribution is 5.85. The van der Waals surface area contributed by atoms with Crippen LogP contribution in [-0.2, 0) is 12.8 Å². The van der Waals surface area contributed by atoms with E-state index in [1.807, 2.05) is 0 Å². The molecule has 3 aromatic carbocycles. The molecule has 5 heteroatoms. The molecule has 0 aliphatic carbocycles. The van der Waals surface area contributed by atoms with Gasteiger partial charge >= 0.3 is 0 Å². The van der Waals surface area contributed by atoms with Gasteiger partial charge in [-0.05, 0) is 65.4 Å². The maximum Gasteiger partial charge on any atom is 0.161 e. The van der Waals surface area contributed by atoms with Crippen molar-refractivity contribution in [2.24, 2.45) is 0 Å². The largest absolute Gasteiger partial charge is 0.497 e. The Labute approximate surface area is 193 Å². The Hall–Kier alpha value is -3.44. The fourth-order valence-electron chi connectivity index (χ4n) is 5.76. The van der Waals surface area contributed by atoms with E-state index in [-0.39, 0.29) is 12.1 Å². The molecule has 6 rings (SSSR count). The number of H-pyrrole nitrogens is 1. The number of benzene rings is 3. The highest BCUT2D eigenvalue weighted by Crippen LogP contribution is 2.49. The van der Waals surface area contributed by atoms with Crippen molar-refractivity contribution < 1.29 is 14.2 Å². The first-order valence-electron chi connectivity index (χ1n) is 11.5. The van der Waals surface area contributed by atoms with Crippen molar-refractivity contribution >= 4 is 10.9 Å². The summed E-state index contributed by atoms with van der Waals surface area (Å²) in [4.78, 5) is 6.42. The van der Waals surface area contributed by atoms with E-state index in [9.17, 15) is 0 Å². The molecule has 1 aromatic heterocycles. The molecule has 0 saturated carbocycles. The van der Waals surface area contributed by atoms with Gasteiger partial charge in [-0.15, -0.1) is 0 Å². The van der Waals surface area contributed by atoms with Gasteiger partial charge in [-0.2, -0.15) is 0 Å². The van der Waals surface area contributed by atoms with E-state index in [0.29, 0.717) is 0 Å². The van der Waals surface area contributed by atoms with Gasteiger partial charge in [0.25, 0.3) is 0 Å². The van der Waals surface area contributed by atoms with E-state index < -0.39 is 0 Å². The molecule has 2 aliphatic rings. The lowest BCUT2D eigenvalue weighted by Crippen LogP contribution is -2.43. The number of hydrogen-bond acceptors (Lipinski definition) is 4. The first-order valence-corrected chi connectivity index (χ1v) is 11.5. The Morgan fingerprint density at radius 3 is 2.39 bits per heavy atom. The zero-order valence-electron chi connectivity index (χ0n) is 19.2. The third-order valence-electron chi connectivity index (χ3n) is 7.32. The zero-order valence-corrected chi connectivity index (χ0v) is 19.2. The highest BCUT2D eigenvalue weighted by Gasteiger charge is 2.41. The standard InChI is InChI=1S/C28H28N2O3/c1-31-19-10-8-17(9-11-19)28-27-22(20-6-4-5-7-23(20)29-27)15-24-21-16-26(33-3)25(32-2)14-18(21)12-13-30(24)28/h4-11,14,16,24,28-29H,12-13,15H2,1-3H3. The molecular formula is C28H28N2O3. The van der Waals surface area contributed by atoms with Crippen LogP contribution < -0.4 is 14.2 Å². The number of para-hydroxylation sites is 1. The summed E-state index contributed by atoms with van der Waals surface area (Å²) in [6.07, 6.45) is 1.95. The molecule has 0 spiro atoms. The van der Waals surface area contributed by atoms with Gasteiger partial charge in [-0.1, -0.05) is 30.3 Å². The van der Waals surface area contributed by atoms with E-state index in [2.05, 4.69) is 70.5 Å². The topological polar surface area (TPSA) is 46.7 Å². The second-order valence-corrected chi connectivity index (χ2v) is 8.85. The van der Waals surface area contributed by atoms with E-state index in [0.717, 1.165) is 36.6 Å². The molecule has 5 nitrogen and oxygen atoms in total. The van der Waals surface area contributed by atoms with Crippen LogP contribution in [0.15, 0.2) is 60.7 Å². The van der Waals surface area contributed by atoms with Crippen LogP contribution in [0.25, 0.3) is 10.9 Å². The molecule has 0 bridgehead atoms. The van der Waals surface area contributed by atoms with Crippen molar-refractivity contribution in [2.45, 2.75) is 24.9 Å². The Kier molecular flexibility index (Phi) is 4.80. The van der Waals surface area contributed by atoms with Crippen LogP contribution >= 0.6 is 0 Å². The van der Waals surface area contributed by atoms with Crippen LogP contribution in [0.1, 0.15) is 40.0 Å². The smallest absolute Gasteiger partial charge is 0.161 e. The number of aromatic amines is 1. The number of hydrogen-bond donors (Lipinski definition) is 1. The van der Waals surface area contributed by atoms with Crippen LogP contribution in [0.3, 0.4) is 0 Å². The minimum atomic E-state index is 0.151. The zero-order chi connectivity index (χ0) is 22.5. The van der Waals surface area contributed by atoms with Crippen LogP contribution in [0, 0.1) is 0 Å². The van der Waals surface area contributed by atoms with E-state index in [4.69, 9.17) is 14.2 Å². The van der Waals surface area contributed by atoms with Gasteiger partial charge in [-0.25, -0.2) is 0 Å². The van der Waals surface area contributed by atoms with E-state index in [1.165, 1.54) is 38.9 Å². The molecule has 0 radical (unpaired) electrons. The van der Waals surface area contributed by atoms with Crippen molar-refractivity contribution in [2.75, 3.05) is 27.9 Å². The number of nitrogens with one attached hydrogen (secondary N) is 1. The minimum absolute atomic E-state index is 0.151. The Bertz CT molecular complexity index is 1330. The van der Waals surface area contributed by atoms with Gasteiger partial charge in [-0.3, -0.25) is 4.90 Å². The summed E-state index contributed by atoms with van der Waals surface area (Å²) in [6, 6.07) is 22.0. The predicted molar refractivity (Wildman–Crippen MR) is 130 cm³/mol. The Morgan fingerprint density at radius 1 is 0.879 bits per heavy atom. The summed E-state index contributed by atoms with van der Waals surface area (Å²) in [5, 5.41) is 1.32. The lowest BCUT2D eigenvalue weighted by molar-refractivity contribution is 0.127. The fraction of sp³-hybridized carbons (Fsp3) is 0.286. The van der Waals surface area contributed by atoms with Crippen molar-refractivity contribution in [1.29, 1.82) is 0 Å². The third kappa shape index (κ3) is 3.10. The Balaban J connectivity index is 1.55. The maximum atomic E-state index is 5.68. The lowest BCUT2D eigenvalue weighted by atomic mass is 9.80. The highest BCUT2D eigenvalue weighted by atomic mass is 16.5. The number of aromatic nitrogens is 1. The fourth-order valence-corrected chi connectivity index (χ4v) is 5.76. The van der Waals surface area contributed by atoms with E-state index >= 15 is 0 Å². The summed E-state index contributed by atoms with van der Waals surface area (Å²) < 4.78 is 16.7. The van der Waals surface area contributed by atoms with Gasteiger partial charge < -0.3 is 19.2 Å². The predicted octanol–water partition coefficient (Wildman–Crippen LogP) is 5.44. The van der Waals surface area contributed by atoms with Gasteiger partial charge in [0.15, 0.2) is 11.5 Å². The molecule has 2 unspecified atom stereocenters. The van der Waals surface area contributed by atoms with Crippen molar-refractivity contribution in [3.8, 4) is 17.2 Å². The molecule has 33 heavy (non-hydrogen) atoms. The van der Waals surface area contributed by atoms with Gasteiger partial charge in [0, 0.05) is 29.2 Å². The average Bonchev–Trinajstić information content (AvgIpc) is 3.24. The summed E-state index contributed by atoms with van der Waals surface area (Å²) in [6.45, 7) is 0.985. The van der Waals surface area contributed by atoms with Crippen molar-refractivity contribution in [3.63, 3.8) is 0 Å². The van der Waals surface area contributed by atoms with Gasteiger partial charge in [0.2, 0.25) is 0 Å². The third-order valence-corrected chi connectivity index (χ3v) is 7.32. The molecule has 0 amide bonds. The molecule has 2 atom stereocenters. The summed E-state index contributed by atoms with van der Waals surface area (Å²) >= 11 is 0. The first kappa shape index (κ1) is 20.2. The number of fused-ring (bicyclic) bond motifs is 6. The SMILES string of the molecule is COc1ccc(C2c3[nH]c4ccccc4c3CC3c4cc(OC)c(OC)cc4CCN32)cc1. The molecule has 4 aromatic rings. The van der Waals surface area contributed by atoms with Gasteiger partial charge in [0.05, 0.1) is 27.4 Å². The summed E-state index contributed by atoms with van der Waals surface area (Å²) in [7, 11) is 5.13. The Morgan fingerprint density at radius 2 is 1.64 bits per heavy atom. The van der Waals surface area contributed by atoms with Crippen molar-refractivity contribution in [3.05, 3.63) is 88.6 Å². The monoisotopic (exact) mass is 440 g/mol. The second kappa shape index (κ2) is 7.85. The quantitative estimate of drug-likeness (QED) is 0.459. The first-order chi connectivity index (χ1) is 16.2. The molecule has 1 N–H and O–H groups in total. The van der Waals surface area contributed by atoms with Gasteiger partial charge in [0.1, 0.15) is 5.75 Å². The van der Waals surface area contributed by atoms with Crippen LogP contribution in [0.2, 0.25) is 0 Å². The molecular weight excluding hydrogens is 412 g/mol. The van der Waals surface area contributed by atoms with Crippen LogP contribution in [0.4, 0.5) is 0 Å². The lowest BCUT2D eigenvalue weighted by Gasteiger charge is -2.46. The molecule has 168 valence electrons. The van der Waals surface area contributed by atoms with E-state index in [1.54, 1.807) is 21.3 Å². The normalized spacial score (nSPS) is 19.5. The average molecular weight is 441 g/mol. The minimum Gasteiger partial charge on any atom is -0.497 e. The molecule has 0 fully saturated rings. The molecule has 0 saturated heterocycles. The number of rotatable bonds is 4. The summed E-state index contributed by atoms with van der Waals surface area (Å²) in [5.74, 6) is 2.48. The second-order valence-electron chi connectivity index (χ2n) is 8.85. The molecule has 2 aliphatic heterocycles. The molecule has 3 heterocycles.